The molecule has 1 fully saturated rings. The minimum absolute atomic E-state index is 0.00179. The third kappa shape index (κ3) is 3.18. The highest BCUT2D eigenvalue weighted by Crippen LogP contribution is 2.40. The van der Waals surface area contributed by atoms with Gasteiger partial charge in [0.05, 0.1) is 0 Å². The maximum absolute atomic E-state index is 13.0. The fourth-order valence-corrected chi connectivity index (χ4v) is 5.60. The molecular weight excluding hydrogens is 414 g/mol. The lowest BCUT2D eigenvalue weighted by Gasteiger charge is -2.49. The molecule has 1 aromatic carbocycles. The maximum atomic E-state index is 13.0. The summed E-state index contributed by atoms with van der Waals surface area (Å²) in [5.74, 6) is -1.66. The molecule has 0 saturated carbocycles. The Kier molecular flexibility index (Phi) is 5.05. The van der Waals surface area contributed by atoms with Gasteiger partial charge < -0.3 is 15.3 Å². The highest BCUT2D eigenvalue weighted by molar-refractivity contribution is 8.00. The number of rotatable bonds is 5. The first-order valence-electron chi connectivity index (χ1n) is 8.70. The van der Waals surface area contributed by atoms with Gasteiger partial charge in [0.1, 0.15) is 24.2 Å². The van der Waals surface area contributed by atoms with Gasteiger partial charge in [-0.2, -0.15) is 0 Å². The second-order valence-electron chi connectivity index (χ2n) is 6.56. The molecule has 0 aliphatic carbocycles. The van der Waals surface area contributed by atoms with Gasteiger partial charge in [0.2, 0.25) is 0 Å². The van der Waals surface area contributed by atoms with Crippen LogP contribution in [0.15, 0.2) is 46.1 Å². The van der Waals surface area contributed by atoms with Crippen molar-refractivity contribution in [2.75, 3.05) is 12.9 Å². The van der Waals surface area contributed by atoms with Crippen LogP contribution in [0.25, 0.3) is 10.1 Å². The molecule has 0 radical (unpaired) electrons. The van der Waals surface area contributed by atoms with Crippen LogP contribution >= 0.6 is 23.1 Å². The van der Waals surface area contributed by atoms with Gasteiger partial charge in [0.25, 0.3) is 11.8 Å². The van der Waals surface area contributed by atoms with E-state index >= 15 is 0 Å². The molecule has 2 N–H and O–H groups in total. The van der Waals surface area contributed by atoms with E-state index in [1.54, 1.807) is 24.3 Å². The number of β-lactam (4-membered cyclic amide) rings is 1. The number of amides is 2. The van der Waals surface area contributed by atoms with E-state index in [-0.39, 0.29) is 11.4 Å². The van der Waals surface area contributed by atoms with Gasteiger partial charge >= 0.3 is 5.97 Å². The summed E-state index contributed by atoms with van der Waals surface area (Å²) >= 11 is 2.96. The predicted octanol–water partition coefficient (Wildman–Crippen LogP) is 2.01. The Labute approximate surface area is 174 Å². The first-order chi connectivity index (χ1) is 13.9. The average Bonchev–Trinajstić information content (AvgIpc) is 3.18. The number of hydrogen-bond donors (Lipinski definition) is 2. The van der Waals surface area contributed by atoms with Gasteiger partial charge in [0, 0.05) is 21.4 Å². The summed E-state index contributed by atoms with van der Waals surface area (Å²) in [5, 5.41) is 18.3. The van der Waals surface area contributed by atoms with Crippen molar-refractivity contribution in [1.29, 1.82) is 0 Å². The zero-order valence-electron chi connectivity index (χ0n) is 15.5. The SMILES string of the molecule is CON=C(C(=O)N[C@@H]1C(=O)N2C(C(=O)O)=C(C)CS[C@@H]12)c1cccc2sccc12. The number of aliphatic carboxylic acids is 1. The van der Waals surface area contributed by atoms with Crippen LogP contribution in [0.2, 0.25) is 0 Å². The Morgan fingerprint density at radius 1 is 1.34 bits per heavy atom. The summed E-state index contributed by atoms with van der Waals surface area (Å²) in [5.41, 5.74) is 1.29. The molecule has 10 heteroatoms. The number of nitrogens with zero attached hydrogens (tertiary/aromatic N) is 2. The van der Waals surface area contributed by atoms with Crippen LogP contribution < -0.4 is 5.32 Å². The van der Waals surface area contributed by atoms with E-state index in [2.05, 4.69) is 10.5 Å². The second kappa shape index (κ2) is 7.53. The van der Waals surface area contributed by atoms with Crippen molar-refractivity contribution in [1.82, 2.24) is 10.2 Å². The number of carbonyl (C=O) groups excluding carboxylic acids is 2. The van der Waals surface area contributed by atoms with Gasteiger partial charge in [-0.1, -0.05) is 17.3 Å². The van der Waals surface area contributed by atoms with Gasteiger partial charge in [0.15, 0.2) is 5.71 Å². The Bertz CT molecular complexity index is 1090. The zero-order valence-corrected chi connectivity index (χ0v) is 17.2. The van der Waals surface area contributed by atoms with Crippen molar-refractivity contribution in [2.45, 2.75) is 18.3 Å². The van der Waals surface area contributed by atoms with E-state index in [1.165, 1.54) is 23.8 Å². The number of carboxylic acids is 1. The Balaban J connectivity index is 1.59. The van der Waals surface area contributed by atoms with E-state index in [9.17, 15) is 19.5 Å². The monoisotopic (exact) mass is 431 g/mol. The molecule has 8 nitrogen and oxygen atoms in total. The molecule has 1 saturated heterocycles. The molecule has 0 unspecified atom stereocenters. The van der Waals surface area contributed by atoms with E-state index in [0.717, 1.165) is 10.1 Å². The summed E-state index contributed by atoms with van der Waals surface area (Å²) < 4.78 is 1.000. The number of fused-ring (bicyclic) bond motifs is 2. The van der Waals surface area contributed by atoms with Crippen LogP contribution in [0.4, 0.5) is 0 Å². The fourth-order valence-electron chi connectivity index (χ4n) is 3.49. The van der Waals surface area contributed by atoms with E-state index in [1.807, 2.05) is 23.6 Å². The third-order valence-corrected chi connectivity index (χ3v) is 7.10. The van der Waals surface area contributed by atoms with Crippen molar-refractivity contribution in [3.05, 3.63) is 46.5 Å². The van der Waals surface area contributed by atoms with Crippen molar-refractivity contribution in [3.8, 4) is 0 Å². The molecule has 4 rings (SSSR count). The molecule has 2 amide bonds. The number of oxime groups is 1. The molecule has 2 atom stereocenters. The standard InChI is InChI=1S/C19H17N3O5S2/c1-9-8-29-18-14(17(24)22(18)15(9)19(25)26)20-16(23)13(21-27-2)11-4-3-5-12-10(11)6-7-28-12/h3-7,14,18H,8H2,1-2H3,(H,20,23)(H,25,26)/t14-,18+/m1/s1. The van der Waals surface area contributed by atoms with Crippen molar-refractivity contribution >= 4 is 56.7 Å². The second-order valence-corrected chi connectivity index (χ2v) is 8.61. The third-order valence-electron chi connectivity index (χ3n) is 4.80. The van der Waals surface area contributed by atoms with Crippen LogP contribution in [0.5, 0.6) is 0 Å². The highest BCUT2D eigenvalue weighted by atomic mass is 32.2. The maximum Gasteiger partial charge on any atom is 0.352 e. The van der Waals surface area contributed by atoms with Crippen molar-refractivity contribution in [2.24, 2.45) is 5.16 Å². The molecule has 1 aromatic heterocycles. The molecule has 2 aliphatic heterocycles. The number of carboxylic acid groups (broad SMARTS) is 1. The summed E-state index contributed by atoms with van der Waals surface area (Å²) in [7, 11) is 1.35. The molecule has 2 aromatic rings. The van der Waals surface area contributed by atoms with Gasteiger partial charge in [-0.25, -0.2) is 4.79 Å². The molecule has 3 heterocycles. The van der Waals surface area contributed by atoms with Gasteiger partial charge in [-0.3, -0.25) is 14.5 Å². The lowest BCUT2D eigenvalue weighted by Crippen LogP contribution is -2.71. The smallest absolute Gasteiger partial charge is 0.352 e. The quantitative estimate of drug-likeness (QED) is 0.426. The average molecular weight is 431 g/mol. The lowest BCUT2D eigenvalue weighted by molar-refractivity contribution is -0.150. The number of hydrogen-bond acceptors (Lipinski definition) is 7. The van der Waals surface area contributed by atoms with Crippen LogP contribution in [-0.4, -0.2) is 57.8 Å². The molecule has 2 aliphatic rings. The summed E-state index contributed by atoms with van der Waals surface area (Å²) in [6.07, 6.45) is 0. The van der Waals surface area contributed by atoms with Crippen molar-refractivity contribution < 1.29 is 24.3 Å². The highest BCUT2D eigenvalue weighted by Gasteiger charge is 2.54. The normalized spacial score (nSPS) is 21.7. The first-order valence-corrected chi connectivity index (χ1v) is 10.6. The predicted molar refractivity (Wildman–Crippen MR) is 111 cm³/mol. The van der Waals surface area contributed by atoms with E-state index in [4.69, 9.17) is 4.84 Å². The first kappa shape index (κ1) is 19.5. The minimum Gasteiger partial charge on any atom is -0.477 e. The van der Waals surface area contributed by atoms with Crippen LogP contribution in [0.1, 0.15) is 12.5 Å². The number of nitrogens with one attached hydrogen (secondary N) is 1. The van der Waals surface area contributed by atoms with Crippen LogP contribution in [0.3, 0.4) is 0 Å². The van der Waals surface area contributed by atoms with Crippen molar-refractivity contribution in [3.63, 3.8) is 0 Å². The molecule has 29 heavy (non-hydrogen) atoms. The summed E-state index contributed by atoms with van der Waals surface area (Å²) in [6.45, 7) is 1.69. The lowest BCUT2D eigenvalue weighted by atomic mass is 10.0. The van der Waals surface area contributed by atoms with E-state index in [0.29, 0.717) is 16.9 Å². The Hall–Kier alpha value is -2.85. The molecular formula is C19H17N3O5S2. The number of thioether (sulfide) groups is 1. The molecule has 150 valence electrons. The largest absolute Gasteiger partial charge is 0.477 e. The van der Waals surface area contributed by atoms with Crippen LogP contribution in [0, 0.1) is 0 Å². The topological polar surface area (TPSA) is 108 Å². The van der Waals surface area contributed by atoms with Gasteiger partial charge in [-0.05, 0) is 30.0 Å². The van der Waals surface area contributed by atoms with Gasteiger partial charge in [-0.15, -0.1) is 23.1 Å². The number of thiophene rings is 1. The Morgan fingerprint density at radius 3 is 2.86 bits per heavy atom. The minimum atomic E-state index is -1.14. The summed E-state index contributed by atoms with van der Waals surface area (Å²) in [4.78, 5) is 43.2. The number of carbonyl (C=O) groups is 3. The summed E-state index contributed by atoms with van der Waals surface area (Å²) in [6, 6.07) is 6.62. The van der Waals surface area contributed by atoms with Crippen LogP contribution in [-0.2, 0) is 19.2 Å². The molecule has 0 spiro atoms. The Morgan fingerprint density at radius 2 is 2.14 bits per heavy atom. The fraction of sp³-hybridized carbons (Fsp3) is 0.263. The number of benzene rings is 1. The van der Waals surface area contributed by atoms with E-state index < -0.39 is 29.2 Å². The zero-order chi connectivity index (χ0) is 20.7. The molecule has 0 bridgehead atoms.